The van der Waals surface area contributed by atoms with Gasteiger partial charge in [0.25, 0.3) is 0 Å². The van der Waals surface area contributed by atoms with Crippen molar-refractivity contribution in [3.8, 4) is 5.75 Å². The molecule has 94 valence electrons. The van der Waals surface area contributed by atoms with E-state index in [1.807, 2.05) is 0 Å². The van der Waals surface area contributed by atoms with E-state index < -0.39 is 5.97 Å². The molecule has 0 aromatic heterocycles. The number of rotatable bonds is 5. The number of hydrogen-bond donors (Lipinski definition) is 1. The van der Waals surface area contributed by atoms with Crippen LogP contribution in [0.4, 0.5) is 0 Å². The summed E-state index contributed by atoms with van der Waals surface area (Å²) < 4.78 is 9.97. The van der Waals surface area contributed by atoms with Gasteiger partial charge in [0.15, 0.2) is 5.75 Å². The largest absolute Gasteiger partial charge is 0.488 e. The van der Waals surface area contributed by atoms with E-state index in [1.165, 1.54) is 12.1 Å². The van der Waals surface area contributed by atoms with Crippen LogP contribution in [0.15, 0.2) is 12.1 Å². The van der Waals surface area contributed by atoms with Gasteiger partial charge in [-0.15, -0.1) is 0 Å². The van der Waals surface area contributed by atoms with Crippen molar-refractivity contribution >= 4 is 29.2 Å². The molecule has 17 heavy (non-hydrogen) atoms. The van der Waals surface area contributed by atoms with Gasteiger partial charge in [0, 0.05) is 0 Å². The number of esters is 1. The van der Waals surface area contributed by atoms with Crippen molar-refractivity contribution in [1.82, 2.24) is 0 Å². The summed E-state index contributed by atoms with van der Waals surface area (Å²) in [6.07, 6.45) is 0. The smallest absolute Gasteiger partial charge is 0.338 e. The molecule has 0 spiro atoms. The minimum atomic E-state index is -0.495. The lowest BCUT2D eigenvalue weighted by atomic mass is 10.2. The molecule has 1 aromatic rings. The lowest BCUT2D eigenvalue weighted by Gasteiger charge is -2.10. The Kier molecular flexibility index (Phi) is 5.55. The van der Waals surface area contributed by atoms with Gasteiger partial charge < -0.3 is 14.6 Å². The molecular weight excluding hydrogens is 267 g/mol. The van der Waals surface area contributed by atoms with Gasteiger partial charge in [-0.3, -0.25) is 0 Å². The van der Waals surface area contributed by atoms with Gasteiger partial charge in [-0.2, -0.15) is 0 Å². The molecule has 0 saturated heterocycles. The standard InChI is InChI=1S/C11H12Cl2O4/c1-2-16-11(15)7-5-8(12)10(9(13)6-7)17-4-3-14/h5-6,14H,2-4H2,1H3. The first-order valence-electron chi connectivity index (χ1n) is 5.00. The molecule has 0 aliphatic heterocycles. The predicted octanol–water partition coefficient (Wildman–Crippen LogP) is 2.54. The van der Waals surface area contributed by atoms with E-state index in [2.05, 4.69) is 0 Å². The average molecular weight is 279 g/mol. The zero-order chi connectivity index (χ0) is 12.8. The highest BCUT2D eigenvalue weighted by atomic mass is 35.5. The van der Waals surface area contributed by atoms with Gasteiger partial charge in [0.05, 0.1) is 28.8 Å². The summed E-state index contributed by atoms with van der Waals surface area (Å²) in [5.74, 6) is -0.250. The number of hydrogen-bond acceptors (Lipinski definition) is 4. The number of aliphatic hydroxyl groups excluding tert-OH is 1. The molecule has 1 aromatic carbocycles. The van der Waals surface area contributed by atoms with E-state index >= 15 is 0 Å². The lowest BCUT2D eigenvalue weighted by Crippen LogP contribution is -2.06. The van der Waals surface area contributed by atoms with Gasteiger partial charge in [0.2, 0.25) is 0 Å². The maximum Gasteiger partial charge on any atom is 0.338 e. The van der Waals surface area contributed by atoms with Crippen LogP contribution in [-0.4, -0.2) is 30.9 Å². The second-order valence-electron chi connectivity index (χ2n) is 3.06. The maximum absolute atomic E-state index is 11.5. The molecule has 0 aliphatic carbocycles. The summed E-state index contributed by atoms with van der Waals surface area (Å²) in [7, 11) is 0. The molecule has 0 unspecified atom stereocenters. The Morgan fingerprint density at radius 1 is 1.35 bits per heavy atom. The van der Waals surface area contributed by atoms with Crippen molar-refractivity contribution in [3.63, 3.8) is 0 Å². The number of carbonyl (C=O) groups excluding carboxylic acids is 1. The first-order valence-corrected chi connectivity index (χ1v) is 5.75. The topological polar surface area (TPSA) is 55.8 Å². The van der Waals surface area contributed by atoms with Crippen LogP contribution in [0, 0.1) is 0 Å². The Labute approximate surface area is 109 Å². The molecule has 0 saturated carbocycles. The summed E-state index contributed by atoms with van der Waals surface area (Å²) in [6.45, 7) is 1.92. The molecule has 0 amide bonds. The Morgan fingerprint density at radius 2 is 1.94 bits per heavy atom. The van der Waals surface area contributed by atoms with Crippen LogP contribution in [-0.2, 0) is 4.74 Å². The first-order chi connectivity index (χ1) is 8.10. The van der Waals surface area contributed by atoms with Crippen molar-refractivity contribution in [2.75, 3.05) is 19.8 Å². The minimum absolute atomic E-state index is 0.0815. The van der Waals surface area contributed by atoms with Crippen molar-refractivity contribution < 1.29 is 19.4 Å². The Hall–Kier alpha value is -0.970. The molecule has 0 fully saturated rings. The normalized spacial score (nSPS) is 10.1. The van der Waals surface area contributed by atoms with Crippen molar-refractivity contribution in [2.24, 2.45) is 0 Å². The molecule has 0 aliphatic rings. The van der Waals surface area contributed by atoms with Crippen LogP contribution in [0.2, 0.25) is 10.0 Å². The first kappa shape index (κ1) is 14.1. The Balaban J connectivity index is 2.96. The Bertz CT molecular complexity index is 383. The second kappa shape index (κ2) is 6.69. The highest BCUT2D eigenvalue weighted by molar-refractivity contribution is 6.37. The van der Waals surface area contributed by atoms with E-state index in [-0.39, 0.29) is 41.2 Å². The van der Waals surface area contributed by atoms with Crippen molar-refractivity contribution in [2.45, 2.75) is 6.92 Å². The van der Waals surface area contributed by atoms with Crippen LogP contribution >= 0.6 is 23.2 Å². The average Bonchev–Trinajstić information content (AvgIpc) is 2.28. The van der Waals surface area contributed by atoms with Gasteiger partial charge in [0.1, 0.15) is 6.61 Å². The molecule has 0 bridgehead atoms. The molecule has 0 radical (unpaired) electrons. The van der Waals surface area contributed by atoms with Crippen LogP contribution in [0.1, 0.15) is 17.3 Å². The van der Waals surface area contributed by atoms with Crippen LogP contribution in [0.25, 0.3) is 0 Å². The van der Waals surface area contributed by atoms with Gasteiger partial charge in [-0.25, -0.2) is 4.79 Å². The predicted molar refractivity (Wildman–Crippen MR) is 65.0 cm³/mol. The summed E-state index contributed by atoms with van der Waals surface area (Å²) in [5.41, 5.74) is 0.262. The fourth-order valence-corrected chi connectivity index (χ4v) is 1.77. The monoisotopic (exact) mass is 278 g/mol. The second-order valence-corrected chi connectivity index (χ2v) is 3.88. The molecule has 4 nitrogen and oxygen atoms in total. The van der Waals surface area contributed by atoms with Crippen LogP contribution in [0.5, 0.6) is 5.75 Å². The van der Waals surface area contributed by atoms with E-state index in [9.17, 15) is 4.79 Å². The van der Waals surface area contributed by atoms with Gasteiger partial charge in [-0.1, -0.05) is 23.2 Å². The molecular formula is C11H12Cl2O4. The van der Waals surface area contributed by atoms with Gasteiger partial charge in [-0.05, 0) is 19.1 Å². The third-order valence-corrected chi connectivity index (χ3v) is 2.41. The zero-order valence-corrected chi connectivity index (χ0v) is 10.7. The molecule has 0 heterocycles. The number of ether oxygens (including phenoxy) is 2. The highest BCUT2D eigenvalue weighted by Crippen LogP contribution is 2.34. The molecule has 1 N–H and O–H groups in total. The van der Waals surface area contributed by atoms with E-state index in [0.717, 1.165) is 0 Å². The van der Waals surface area contributed by atoms with Crippen LogP contribution in [0.3, 0.4) is 0 Å². The quantitative estimate of drug-likeness (QED) is 0.841. The number of carbonyl (C=O) groups is 1. The summed E-state index contributed by atoms with van der Waals surface area (Å²) in [4.78, 5) is 11.5. The molecule has 1 rings (SSSR count). The van der Waals surface area contributed by atoms with E-state index in [0.29, 0.717) is 0 Å². The van der Waals surface area contributed by atoms with Crippen molar-refractivity contribution in [3.05, 3.63) is 27.7 Å². The zero-order valence-electron chi connectivity index (χ0n) is 9.20. The molecule has 6 heteroatoms. The summed E-state index contributed by atoms with van der Waals surface area (Å²) in [6, 6.07) is 2.83. The minimum Gasteiger partial charge on any atom is -0.488 e. The molecule has 0 atom stereocenters. The number of aliphatic hydroxyl groups is 1. The fraction of sp³-hybridized carbons (Fsp3) is 0.364. The summed E-state index contributed by atoms with van der Waals surface area (Å²) >= 11 is 11.8. The SMILES string of the molecule is CCOC(=O)c1cc(Cl)c(OCCO)c(Cl)c1. The van der Waals surface area contributed by atoms with Crippen molar-refractivity contribution in [1.29, 1.82) is 0 Å². The summed E-state index contributed by atoms with van der Waals surface area (Å²) in [5, 5.41) is 9.04. The van der Waals surface area contributed by atoms with Gasteiger partial charge >= 0.3 is 5.97 Å². The number of benzene rings is 1. The van der Waals surface area contributed by atoms with E-state index in [1.54, 1.807) is 6.92 Å². The third-order valence-electron chi connectivity index (χ3n) is 1.85. The van der Waals surface area contributed by atoms with Crippen LogP contribution < -0.4 is 4.74 Å². The number of halogens is 2. The maximum atomic E-state index is 11.5. The Morgan fingerprint density at radius 3 is 2.41 bits per heavy atom. The van der Waals surface area contributed by atoms with E-state index in [4.69, 9.17) is 37.8 Å². The fourth-order valence-electron chi connectivity index (χ4n) is 1.18. The third kappa shape index (κ3) is 3.77. The lowest BCUT2D eigenvalue weighted by molar-refractivity contribution is 0.0526. The highest BCUT2D eigenvalue weighted by Gasteiger charge is 2.14.